The molecule has 7 nitrogen and oxygen atoms in total. The molecule has 0 unspecified atom stereocenters. The summed E-state index contributed by atoms with van der Waals surface area (Å²) >= 11 is 0. The first-order chi connectivity index (χ1) is 9.99. The van der Waals surface area contributed by atoms with Crippen LogP contribution in [0, 0.1) is 6.92 Å². The minimum absolute atomic E-state index is 0.0129. The number of nitrogens with two attached hydrogens (primary N) is 1. The molecular formula is C14H19N5O2. The summed E-state index contributed by atoms with van der Waals surface area (Å²) in [6, 6.07) is 3.64. The van der Waals surface area contributed by atoms with Crippen molar-refractivity contribution in [2.24, 2.45) is 0 Å². The largest absolute Gasteiger partial charge is 0.475 e. The van der Waals surface area contributed by atoms with Crippen molar-refractivity contribution < 1.29 is 9.53 Å². The molecule has 2 heterocycles. The fourth-order valence-electron chi connectivity index (χ4n) is 1.76. The van der Waals surface area contributed by atoms with E-state index in [-0.39, 0.29) is 17.7 Å². The molecule has 0 atom stereocenters. The van der Waals surface area contributed by atoms with Crippen molar-refractivity contribution in [3.8, 4) is 5.88 Å². The van der Waals surface area contributed by atoms with E-state index in [1.807, 2.05) is 19.9 Å². The maximum atomic E-state index is 12.1. The molecule has 1 amide bonds. The Balaban J connectivity index is 2.06. The molecule has 2 aromatic rings. The number of anilines is 1. The molecule has 7 heteroatoms. The Hall–Kier alpha value is -2.57. The number of rotatable bonds is 5. The molecule has 0 bridgehead atoms. The lowest BCUT2D eigenvalue weighted by atomic mass is 10.2. The van der Waals surface area contributed by atoms with Crippen LogP contribution in [-0.4, -0.2) is 27.2 Å². The highest BCUT2D eigenvalue weighted by Gasteiger charge is 2.16. The molecular weight excluding hydrogens is 270 g/mol. The van der Waals surface area contributed by atoms with Crippen molar-refractivity contribution >= 4 is 11.6 Å². The molecule has 0 radical (unpaired) electrons. The van der Waals surface area contributed by atoms with E-state index in [0.29, 0.717) is 23.8 Å². The molecule has 0 aliphatic heterocycles. The van der Waals surface area contributed by atoms with E-state index in [1.54, 1.807) is 19.2 Å². The number of nitrogen functional groups attached to an aromatic ring is 1. The quantitative estimate of drug-likeness (QED) is 0.771. The molecule has 112 valence electrons. The summed E-state index contributed by atoms with van der Waals surface area (Å²) in [5.41, 5.74) is 7.80. The smallest absolute Gasteiger partial charge is 0.274 e. The van der Waals surface area contributed by atoms with Crippen LogP contribution in [0.5, 0.6) is 5.88 Å². The highest BCUT2D eigenvalue weighted by Crippen LogP contribution is 2.16. The Labute approximate surface area is 122 Å². The summed E-state index contributed by atoms with van der Waals surface area (Å²) in [6.45, 7) is 5.89. The number of nitrogens with zero attached hydrogens (tertiary/aromatic N) is 2. The van der Waals surface area contributed by atoms with Crippen LogP contribution in [0.25, 0.3) is 0 Å². The van der Waals surface area contributed by atoms with E-state index in [4.69, 9.17) is 10.5 Å². The second-order valence-corrected chi connectivity index (χ2v) is 4.93. The number of nitrogens with one attached hydrogen (secondary N) is 2. The summed E-state index contributed by atoms with van der Waals surface area (Å²) in [5, 5.41) is 9.33. The lowest BCUT2D eigenvalue weighted by Gasteiger charge is -2.13. The number of ether oxygens (including phenoxy) is 1. The number of hydrogen-bond acceptors (Lipinski definition) is 5. The number of hydrogen-bond donors (Lipinski definition) is 3. The molecule has 4 N–H and O–H groups in total. The average Bonchev–Trinajstić information content (AvgIpc) is 2.77. The van der Waals surface area contributed by atoms with Gasteiger partial charge in [-0.15, -0.1) is 0 Å². The number of aromatic nitrogens is 3. The summed E-state index contributed by atoms with van der Waals surface area (Å²) in [7, 11) is 0. The molecule has 0 fully saturated rings. The van der Waals surface area contributed by atoms with Crippen LogP contribution >= 0.6 is 0 Å². The van der Waals surface area contributed by atoms with Gasteiger partial charge in [0.05, 0.1) is 17.5 Å². The van der Waals surface area contributed by atoms with Gasteiger partial charge >= 0.3 is 0 Å². The Morgan fingerprint density at radius 3 is 2.90 bits per heavy atom. The van der Waals surface area contributed by atoms with E-state index in [1.165, 1.54) is 0 Å². The summed E-state index contributed by atoms with van der Waals surface area (Å²) in [5.74, 6) is 0.176. The highest BCUT2D eigenvalue weighted by molar-refractivity contribution is 5.97. The Morgan fingerprint density at radius 2 is 2.29 bits per heavy atom. The van der Waals surface area contributed by atoms with Crippen molar-refractivity contribution in [1.82, 2.24) is 20.5 Å². The van der Waals surface area contributed by atoms with Crippen molar-refractivity contribution in [2.75, 3.05) is 5.73 Å². The fourth-order valence-corrected chi connectivity index (χ4v) is 1.76. The summed E-state index contributed by atoms with van der Waals surface area (Å²) in [6.07, 6.45) is 1.66. The van der Waals surface area contributed by atoms with Crippen LogP contribution in [0.2, 0.25) is 0 Å². The lowest BCUT2D eigenvalue weighted by molar-refractivity contribution is 0.0946. The van der Waals surface area contributed by atoms with Gasteiger partial charge in [-0.2, -0.15) is 5.10 Å². The van der Waals surface area contributed by atoms with E-state index >= 15 is 0 Å². The third kappa shape index (κ3) is 3.50. The first kappa shape index (κ1) is 14.8. The van der Waals surface area contributed by atoms with Gasteiger partial charge in [-0.25, -0.2) is 4.98 Å². The second-order valence-electron chi connectivity index (χ2n) is 4.93. The molecule has 0 aromatic carbocycles. The van der Waals surface area contributed by atoms with Crippen molar-refractivity contribution in [2.45, 2.75) is 33.4 Å². The van der Waals surface area contributed by atoms with Gasteiger partial charge in [0.25, 0.3) is 5.91 Å². The van der Waals surface area contributed by atoms with E-state index in [9.17, 15) is 4.79 Å². The van der Waals surface area contributed by atoms with Gasteiger partial charge in [0.1, 0.15) is 0 Å². The van der Waals surface area contributed by atoms with Crippen LogP contribution in [0.4, 0.5) is 5.69 Å². The first-order valence-corrected chi connectivity index (χ1v) is 6.68. The maximum absolute atomic E-state index is 12.1. The Bertz CT molecular complexity index is 636. The molecule has 21 heavy (non-hydrogen) atoms. The van der Waals surface area contributed by atoms with Gasteiger partial charge in [0, 0.05) is 18.3 Å². The standard InChI is InChI=1S/C14H19N5O2/c1-8(2)21-14-10(5-4-6-16-14)7-17-13(20)12-11(15)9(3)18-19-12/h4-6,8H,7,15H2,1-3H3,(H,17,20)(H,18,19). The van der Waals surface area contributed by atoms with Crippen LogP contribution in [0.3, 0.4) is 0 Å². The number of H-pyrrole nitrogens is 1. The zero-order valence-corrected chi connectivity index (χ0v) is 12.3. The SMILES string of the molecule is Cc1[nH]nc(C(=O)NCc2cccnc2OC(C)C)c1N. The highest BCUT2D eigenvalue weighted by atomic mass is 16.5. The predicted molar refractivity (Wildman–Crippen MR) is 78.9 cm³/mol. The molecule has 0 spiro atoms. The average molecular weight is 289 g/mol. The number of amides is 1. The van der Waals surface area contributed by atoms with Gasteiger partial charge in [0.2, 0.25) is 5.88 Å². The van der Waals surface area contributed by atoms with Crippen molar-refractivity contribution in [1.29, 1.82) is 0 Å². The summed E-state index contributed by atoms with van der Waals surface area (Å²) in [4.78, 5) is 16.2. The molecule has 2 aromatic heterocycles. The number of pyridine rings is 1. The topological polar surface area (TPSA) is 106 Å². The van der Waals surface area contributed by atoms with Gasteiger partial charge < -0.3 is 15.8 Å². The molecule has 0 saturated heterocycles. The second kappa shape index (κ2) is 6.25. The number of carbonyl (C=O) groups excluding carboxylic acids is 1. The van der Waals surface area contributed by atoms with Gasteiger partial charge in [-0.3, -0.25) is 9.89 Å². The maximum Gasteiger partial charge on any atom is 0.274 e. The third-order valence-corrected chi connectivity index (χ3v) is 2.85. The predicted octanol–water partition coefficient (Wildman–Crippen LogP) is 1.41. The first-order valence-electron chi connectivity index (χ1n) is 6.68. The van der Waals surface area contributed by atoms with Crippen LogP contribution in [-0.2, 0) is 6.54 Å². The van der Waals surface area contributed by atoms with Crippen LogP contribution < -0.4 is 15.8 Å². The van der Waals surface area contributed by atoms with Gasteiger partial charge in [0.15, 0.2) is 5.69 Å². The lowest BCUT2D eigenvalue weighted by Crippen LogP contribution is -2.24. The third-order valence-electron chi connectivity index (χ3n) is 2.85. The minimum atomic E-state index is -0.337. The number of carbonyl (C=O) groups is 1. The van der Waals surface area contributed by atoms with Crippen LogP contribution in [0.1, 0.15) is 35.6 Å². The zero-order chi connectivity index (χ0) is 15.4. The van der Waals surface area contributed by atoms with E-state index < -0.39 is 0 Å². The summed E-state index contributed by atoms with van der Waals surface area (Å²) < 4.78 is 5.60. The molecule has 0 saturated carbocycles. The Kier molecular flexibility index (Phi) is 4.42. The van der Waals surface area contributed by atoms with Gasteiger partial charge in [-0.1, -0.05) is 6.07 Å². The molecule has 0 aliphatic carbocycles. The number of aryl methyl sites for hydroxylation is 1. The Morgan fingerprint density at radius 1 is 1.52 bits per heavy atom. The van der Waals surface area contributed by atoms with Crippen LogP contribution in [0.15, 0.2) is 18.3 Å². The normalized spacial score (nSPS) is 10.7. The number of aromatic amines is 1. The van der Waals surface area contributed by atoms with E-state index in [0.717, 1.165) is 5.56 Å². The van der Waals surface area contributed by atoms with Gasteiger partial charge in [-0.05, 0) is 26.8 Å². The van der Waals surface area contributed by atoms with E-state index in [2.05, 4.69) is 20.5 Å². The monoisotopic (exact) mass is 289 g/mol. The zero-order valence-electron chi connectivity index (χ0n) is 12.3. The minimum Gasteiger partial charge on any atom is -0.475 e. The molecule has 2 rings (SSSR count). The fraction of sp³-hybridized carbons (Fsp3) is 0.357. The van der Waals surface area contributed by atoms with Crippen molar-refractivity contribution in [3.05, 3.63) is 35.3 Å². The van der Waals surface area contributed by atoms with Crippen molar-refractivity contribution in [3.63, 3.8) is 0 Å². The molecule has 0 aliphatic rings.